The van der Waals surface area contributed by atoms with E-state index < -0.39 is 5.60 Å². The van der Waals surface area contributed by atoms with E-state index in [1.165, 1.54) is 17.6 Å². The number of benzene rings is 1. The van der Waals surface area contributed by atoms with E-state index in [9.17, 15) is 5.11 Å². The third-order valence-corrected chi connectivity index (χ3v) is 4.59. The highest BCUT2D eigenvalue weighted by Gasteiger charge is 2.45. The van der Waals surface area contributed by atoms with Crippen molar-refractivity contribution in [2.75, 3.05) is 6.61 Å². The standard InChI is InChI=1S/C16H20O2/c17-9-8-16(18)11-13-6-7-14(16)10-15(13)12-4-2-1-3-5-12/h1-5,10,13-14,17-18H,6-9,11H2. The van der Waals surface area contributed by atoms with Gasteiger partial charge in [-0.15, -0.1) is 0 Å². The summed E-state index contributed by atoms with van der Waals surface area (Å²) < 4.78 is 0. The molecule has 0 aromatic heterocycles. The average Bonchev–Trinajstić information content (AvgIpc) is 2.40. The van der Waals surface area contributed by atoms with E-state index in [0.29, 0.717) is 12.3 Å². The number of aliphatic hydroxyl groups excluding tert-OH is 1. The Morgan fingerprint density at radius 3 is 2.56 bits per heavy atom. The highest BCUT2D eigenvalue weighted by atomic mass is 16.3. The number of hydrogen-bond donors (Lipinski definition) is 2. The Hall–Kier alpha value is -1.12. The summed E-state index contributed by atoms with van der Waals surface area (Å²) in [5, 5.41) is 19.7. The van der Waals surface area contributed by atoms with E-state index in [0.717, 1.165) is 12.8 Å². The van der Waals surface area contributed by atoms with Gasteiger partial charge in [0.15, 0.2) is 0 Å². The Kier molecular flexibility index (Phi) is 3.00. The van der Waals surface area contributed by atoms with E-state index in [4.69, 9.17) is 5.11 Å². The van der Waals surface area contributed by atoms with Crippen molar-refractivity contribution in [3.05, 3.63) is 42.0 Å². The van der Waals surface area contributed by atoms with Crippen molar-refractivity contribution in [2.45, 2.75) is 31.3 Å². The third kappa shape index (κ3) is 1.90. The molecule has 2 heteroatoms. The van der Waals surface area contributed by atoms with Gasteiger partial charge in [0.25, 0.3) is 0 Å². The van der Waals surface area contributed by atoms with E-state index in [-0.39, 0.29) is 12.5 Å². The lowest BCUT2D eigenvalue weighted by Gasteiger charge is -2.47. The van der Waals surface area contributed by atoms with E-state index in [2.05, 4.69) is 30.3 Å². The maximum Gasteiger partial charge on any atom is 0.0737 e. The first-order valence-corrected chi connectivity index (χ1v) is 6.83. The molecule has 0 aliphatic heterocycles. The predicted octanol–water partition coefficient (Wildman–Crippen LogP) is 2.61. The van der Waals surface area contributed by atoms with Crippen LogP contribution in [0.25, 0.3) is 5.57 Å². The van der Waals surface area contributed by atoms with Crippen LogP contribution < -0.4 is 0 Å². The van der Waals surface area contributed by atoms with Crippen LogP contribution in [-0.2, 0) is 0 Å². The molecule has 3 aliphatic rings. The van der Waals surface area contributed by atoms with Crippen molar-refractivity contribution in [3.8, 4) is 0 Å². The summed E-state index contributed by atoms with van der Waals surface area (Å²) in [5.74, 6) is 0.666. The van der Waals surface area contributed by atoms with Crippen LogP contribution in [0.3, 0.4) is 0 Å². The summed E-state index contributed by atoms with van der Waals surface area (Å²) in [6.45, 7) is 0.0776. The zero-order valence-electron chi connectivity index (χ0n) is 10.5. The van der Waals surface area contributed by atoms with Gasteiger partial charge in [0.05, 0.1) is 5.60 Å². The molecule has 96 valence electrons. The molecule has 0 spiro atoms. The summed E-state index contributed by atoms with van der Waals surface area (Å²) in [6, 6.07) is 10.5. The SMILES string of the molecule is OCCC1(O)CC2CCC1C=C2c1ccccc1. The fourth-order valence-electron chi connectivity index (χ4n) is 3.63. The molecule has 2 nitrogen and oxygen atoms in total. The van der Waals surface area contributed by atoms with Gasteiger partial charge in [0.1, 0.15) is 0 Å². The zero-order chi connectivity index (χ0) is 12.6. The third-order valence-electron chi connectivity index (χ3n) is 4.59. The van der Waals surface area contributed by atoms with E-state index >= 15 is 0 Å². The summed E-state index contributed by atoms with van der Waals surface area (Å²) in [6.07, 6.45) is 5.78. The highest BCUT2D eigenvalue weighted by molar-refractivity contribution is 5.69. The number of fused-ring (bicyclic) bond motifs is 2. The van der Waals surface area contributed by atoms with Crippen molar-refractivity contribution in [3.63, 3.8) is 0 Å². The molecule has 1 saturated carbocycles. The molecule has 3 atom stereocenters. The lowest BCUT2D eigenvalue weighted by molar-refractivity contribution is -0.0621. The van der Waals surface area contributed by atoms with Crippen LogP contribution in [0.15, 0.2) is 36.4 Å². The monoisotopic (exact) mass is 244 g/mol. The number of allylic oxidation sites excluding steroid dienone is 1. The Bertz CT molecular complexity index is 451. The molecule has 1 aromatic rings. The Morgan fingerprint density at radius 2 is 1.94 bits per heavy atom. The summed E-state index contributed by atoms with van der Waals surface area (Å²) >= 11 is 0. The Morgan fingerprint density at radius 1 is 1.17 bits per heavy atom. The molecule has 2 N–H and O–H groups in total. The molecule has 4 rings (SSSR count). The van der Waals surface area contributed by atoms with Gasteiger partial charge in [-0.3, -0.25) is 0 Å². The Labute approximate surface area is 108 Å². The van der Waals surface area contributed by atoms with Crippen molar-refractivity contribution >= 4 is 5.57 Å². The molecule has 3 unspecified atom stereocenters. The molecule has 0 amide bonds. The van der Waals surface area contributed by atoms with Crippen LogP contribution in [0, 0.1) is 11.8 Å². The number of rotatable bonds is 3. The molecule has 18 heavy (non-hydrogen) atoms. The zero-order valence-corrected chi connectivity index (χ0v) is 10.5. The molecule has 1 aromatic carbocycles. The smallest absolute Gasteiger partial charge is 0.0737 e. The minimum atomic E-state index is -0.671. The second kappa shape index (κ2) is 4.52. The van der Waals surface area contributed by atoms with Crippen LogP contribution in [0.4, 0.5) is 0 Å². The van der Waals surface area contributed by atoms with Crippen LogP contribution in [0.2, 0.25) is 0 Å². The van der Waals surface area contributed by atoms with Crippen molar-refractivity contribution in [2.24, 2.45) is 11.8 Å². The van der Waals surface area contributed by atoms with Crippen molar-refractivity contribution in [1.29, 1.82) is 0 Å². The van der Waals surface area contributed by atoms with Gasteiger partial charge in [-0.05, 0) is 42.7 Å². The lowest BCUT2D eigenvalue weighted by atomic mass is 9.61. The first-order valence-electron chi connectivity index (χ1n) is 6.83. The first kappa shape index (κ1) is 11.9. The van der Waals surface area contributed by atoms with Gasteiger partial charge in [-0.2, -0.15) is 0 Å². The normalized spacial score (nSPS) is 34.4. The van der Waals surface area contributed by atoms with Gasteiger partial charge >= 0.3 is 0 Å². The number of aliphatic hydroxyl groups is 2. The lowest BCUT2D eigenvalue weighted by Crippen LogP contribution is -2.46. The van der Waals surface area contributed by atoms with Gasteiger partial charge in [-0.1, -0.05) is 36.4 Å². The fraction of sp³-hybridized carbons (Fsp3) is 0.500. The summed E-state index contributed by atoms with van der Waals surface area (Å²) in [5.41, 5.74) is 2.02. The second-order valence-electron chi connectivity index (χ2n) is 5.65. The van der Waals surface area contributed by atoms with Crippen molar-refractivity contribution in [1.82, 2.24) is 0 Å². The van der Waals surface area contributed by atoms with Gasteiger partial charge < -0.3 is 10.2 Å². The maximum atomic E-state index is 10.6. The molecular weight excluding hydrogens is 224 g/mol. The molecular formula is C16H20O2. The van der Waals surface area contributed by atoms with Crippen LogP contribution in [0.1, 0.15) is 31.2 Å². The van der Waals surface area contributed by atoms with E-state index in [1.54, 1.807) is 0 Å². The first-order chi connectivity index (χ1) is 8.73. The van der Waals surface area contributed by atoms with Gasteiger partial charge in [0.2, 0.25) is 0 Å². The fourth-order valence-corrected chi connectivity index (χ4v) is 3.63. The predicted molar refractivity (Wildman–Crippen MR) is 71.9 cm³/mol. The molecule has 0 heterocycles. The van der Waals surface area contributed by atoms with Gasteiger partial charge in [0, 0.05) is 12.5 Å². The van der Waals surface area contributed by atoms with Crippen LogP contribution in [0.5, 0.6) is 0 Å². The maximum absolute atomic E-state index is 10.6. The quantitative estimate of drug-likeness (QED) is 0.858. The molecule has 3 aliphatic carbocycles. The van der Waals surface area contributed by atoms with Crippen LogP contribution in [-0.4, -0.2) is 22.4 Å². The average molecular weight is 244 g/mol. The minimum absolute atomic E-state index is 0.0776. The number of hydrogen-bond acceptors (Lipinski definition) is 2. The van der Waals surface area contributed by atoms with Crippen molar-refractivity contribution < 1.29 is 10.2 Å². The highest BCUT2D eigenvalue weighted by Crippen LogP contribution is 2.50. The molecule has 0 saturated heterocycles. The molecule has 1 fully saturated rings. The second-order valence-corrected chi connectivity index (χ2v) is 5.65. The topological polar surface area (TPSA) is 40.5 Å². The summed E-state index contributed by atoms with van der Waals surface area (Å²) in [7, 11) is 0. The van der Waals surface area contributed by atoms with Gasteiger partial charge in [-0.25, -0.2) is 0 Å². The van der Waals surface area contributed by atoms with E-state index in [1.807, 2.05) is 6.07 Å². The molecule has 0 radical (unpaired) electrons. The molecule has 2 bridgehead atoms. The summed E-state index contributed by atoms with van der Waals surface area (Å²) in [4.78, 5) is 0. The largest absolute Gasteiger partial charge is 0.396 e. The Balaban J connectivity index is 1.92. The van der Waals surface area contributed by atoms with Crippen LogP contribution >= 0.6 is 0 Å². The minimum Gasteiger partial charge on any atom is -0.396 e.